The van der Waals surface area contributed by atoms with E-state index in [1.54, 1.807) is 0 Å². The summed E-state index contributed by atoms with van der Waals surface area (Å²) < 4.78 is 5.01. The van der Waals surface area contributed by atoms with Gasteiger partial charge in [0.25, 0.3) is 0 Å². The van der Waals surface area contributed by atoms with E-state index in [0.29, 0.717) is 0 Å². The van der Waals surface area contributed by atoms with Gasteiger partial charge in [-0.3, -0.25) is 0 Å². The lowest BCUT2D eigenvalue weighted by Crippen LogP contribution is -1.93. The maximum atomic E-state index is 2.40. The molecule has 0 aliphatic heterocycles. The first kappa shape index (κ1) is 32.4. The lowest BCUT2D eigenvalue weighted by molar-refractivity contribution is 1.18. The van der Waals surface area contributed by atoms with Crippen molar-refractivity contribution in [3.05, 3.63) is 212 Å². The second kappa shape index (κ2) is 13.4. The quantitative estimate of drug-likeness (QED) is 0.161. The standard InChI is InChI=1S/C54H35NS/c1-4-13-36(14-5-1)38-23-25-39(26-24-38)42-31-43(41-27-29-52-49(34-41)47-19-10-11-22-51(47)55(52)45-17-8-3-9-18-45)33-44(32-42)46-20-12-21-48-50-35-40(37-15-6-2-7-16-37)28-30-53(50)56-54(46)48/h1-35H. The molecule has 2 heterocycles. The van der Waals surface area contributed by atoms with E-state index in [4.69, 9.17) is 0 Å². The molecular formula is C54H35NS. The van der Waals surface area contributed by atoms with Crippen LogP contribution < -0.4 is 0 Å². The fourth-order valence-electron chi connectivity index (χ4n) is 8.45. The zero-order valence-corrected chi connectivity index (χ0v) is 31.4. The molecule has 0 fully saturated rings. The number of para-hydroxylation sites is 2. The Labute approximate surface area is 330 Å². The molecule has 9 aromatic carbocycles. The Hall–Kier alpha value is -7.00. The molecule has 2 heteroatoms. The molecule has 0 aliphatic carbocycles. The van der Waals surface area contributed by atoms with Crippen molar-refractivity contribution >= 4 is 53.3 Å². The summed E-state index contributed by atoms with van der Waals surface area (Å²) in [5.41, 5.74) is 15.8. The minimum absolute atomic E-state index is 1.17. The van der Waals surface area contributed by atoms with Gasteiger partial charge in [0, 0.05) is 36.6 Å². The normalized spacial score (nSPS) is 11.6. The monoisotopic (exact) mass is 729 g/mol. The summed E-state index contributed by atoms with van der Waals surface area (Å²) in [7, 11) is 0. The van der Waals surface area contributed by atoms with E-state index in [2.05, 4.69) is 217 Å². The molecular weight excluding hydrogens is 695 g/mol. The van der Waals surface area contributed by atoms with Crippen molar-refractivity contribution in [2.24, 2.45) is 0 Å². The fraction of sp³-hybridized carbons (Fsp3) is 0. The van der Waals surface area contributed by atoms with E-state index in [-0.39, 0.29) is 0 Å². The predicted molar refractivity (Wildman–Crippen MR) is 241 cm³/mol. The Morgan fingerprint density at radius 3 is 1.54 bits per heavy atom. The summed E-state index contributed by atoms with van der Waals surface area (Å²) in [6.45, 7) is 0. The molecule has 11 rings (SSSR count). The minimum atomic E-state index is 1.17. The van der Waals surface area contributed by atoms with Gasteiger partial charge in [-0.1, -0.05) is 152 Å². The second-order valence-electron chi connectivity index (χ2n) is 14.5. The Morgan fingerprint density at radius 1 is 0.286 bits per heavy atom. The van der Waals surface area contributed by atoms with Gasteiger partial charge < -0.3 is 4.57 Å². The zero-order chi connectivity index (χ0) is 37.0. The first-order valence-corrected chi connectivity index (χ1v) is 20.0. The Balaban J connectivity index is 1.10. The molecule has 56 heavy (non-hydrogen) atoms. The highest BCUT2D eigenvalue weighted by Crippen LogP contribution is 2.44. The number of rotatable bonds is 6. The molecule has 0 atom stereocenters. The average molecular weight is 730 g/mol. The second-order valence-corrected chi connectivity index (χ2v) is 15.6. The van der Waals surface area contributed by atoms with Crippen LogP contribution in [0.1, 0.15) is 0 Å². The highest BCUT2D eigenvalue weighted by molar-refractivity contribution is 7.26. The molecule has 0 unspecified atom stereocenters. The van der Waals surface area contributed by atoms with E-state index in [9.17, 15) is 0 Å². The summed E-state index contributed by atoms with van der Waals surface area (Å²) in [5, 5.41) is 5.11. The molecule has 0 saturated carbocycles. The van der Waals surface area contributed by atoms with Crippen molar-refractivity contribution in [3.63, 3.8) is 0 Å². The molecule has 0 aliphatic rings. The largest absolute Gasteiger partial charge is 0.309 e. The van der Waals surface area contributed by atoms with E-state index in [1.165, 1.54) is 103 Å². The van der Waals surface area contributed by atoms with Crippen molar-refractivity contribution < 1.29 is 0 Å². The maximum absolute atomic E-state index is 2.40. The third-order valence-corrected chi connectivity index (χ3v) is 12.4. The third kappa shape index (κ3) is 5.54. The number of hydrogen-bond acceptors (Lipinski definition) is 1. The highest BCUT2D eigenvalue weighted by atomic mass is 32.1. The van der Waals surface area contributed by atoms with Gasteiger partial charge in [0.05, 0.1) is 11.0 Å². The van der Waals surface area contributed by atoms with Crippen LogP contribution in [0.3, 0.4) is 0 Å². The van der Waals surface area contributed by atoms with Crippen LogP contribution in [0.2, 0.25) is 0 Å². The van der Waals surface area contributed by atoms with Gasteiger partial charge in [-0.05, 0) is 116 Å². The summed E-state index contributed by atoms with van der Waals surface area (Å²) in [6, 6.07) is 77.7. The number of hydrogen-bond donors (Lipinski definition) is 0. The summed E-state index contributed by atoms with van der Waals surface area (Å²) in [4.78, 5) is 0. The molecule has 0 saturated heterocycles. The smallest absolute Gasteiger partial charge is 0.0541 e. The lowest BCUT2D eigenvalue weighted by atomic mass is 9.91. The molecule has 1 nitrogen and oxygen atoms in total. The SMILES string of the molecule is c1ccc(-c2ccc(-c3cc(-c4ccc5c(c4)c4ccccc4n5-c4ccccc4)cc(-c4cccc5c4sc4ccc(-c6ccccc6)cc45)c3)cc2)cc1. The number of aromatic nitrogens is 1. The molecule has 262 valence electrons. The Bertz CT molecular complexity index is 3210. The predicted octanol–water partition coefficient (Wildman–Crippen LogP) is 15.5. The van der Waals surface area contributed by atoms with Gasteiger partial charge in [0.1, 0.15) is 0 Å². The molecule has 0 radical (unpaired) electrons. The van der Waals surface area contributed by atoms with Crippen molar-refractivity contribution in [1.29, 1.82) is 0 Å². The van der Waals surface area contributed by atoms with Crippen LogP contribution >= 0.6 is 11.3 Å². The number of nitrogens with zero attached hydrogens (tertiary/aromatic N) is 1. The first-order chi connectivity index (χ1) is 27.7. The maximum Gasteiger partial charge on any atom is 0.0541 e. The van der Waals surface area contributed by atoms with Gasteiger partial charge in [0.15, 0.2) is 0 Å². The van der Waals surface area contributed by atoms with Crippen molar-refractivity contribution in [3.8, 4) is 61.3 Å². The van der Waals surface area contributed by atoms with Crippen molar-refractivity contribution in [1.82, 2.24) is 4.57 Å². The molecule has 0 bridgehead atoms. The van der Waals surface area contributed by atoms with Gasteiger partial charge in [-0.15, -0.1) is 11.3 Å². The lowest BCUT2D eigenvalue weighted by Gasteiger charge is -2.13. The van der Waals surface area contributed by atoms with Crippen LogP contribution in [0, 0.1) is 0 Å². The molecule has 2 aromatic heterocycles. The highest BCUT2D eigenvalue weighted by Gasteiger charge is 2.17. The summed E-state index contributed by atoms with van der Waals surface area (Å²) in [5.74, 6) is 0. The van der Waals surface area contributed by atoms with E-state index < -0.39 is 0 Å². The van der Waals surface area contributed by atoms with Crippen LogP contribution in [0.25, 0.3) is 103 Å². The van der Waals surface area contributed by atoms with Crippen LogP contribution in [-0.4, -0.2) is 4.57 Å². The fourth-order valence-corrected chi connectivity index (χ4v) is 9.66. The van der Waals surface area contributed by atoms with Gasteiger partial charge in [-0.25, -0.2) is 0 Å². The molecule has 0 N–H and O–H groups in total. The topological polar surface area (TPSA) is 4.93 Å². The number of benzene rings is 9. The molecule has 0 amide bonds. The summed E-state index contributed by atoms with van der Waals surface area (Å²) in [6.07, 6.45) is 0. The molecule has 0 spiro atoms. The van der Waals surface area contributed by atoms with Crippen molar-refractivity contribution in [2.75, 3.05) is 0 Å². The third-order valence-electron chi connectivity index (χ3n) is 11.2. The zero-order valence-electron chi connectivity index (χ0n) is 30.6. The van der Waals surface area contributed by atoms with E-state index >= 15 is 0 Å². The van der Waals surface area contributed by atoms with Crippen LogP contribution in [0.5, 0.6) is 0 Å². The Morgan fingerprint density at radius 2 is 0.786 bits per heavy atom. The van der Waals surface area contributed by atoms with Gasteiger partial charge in [-0.2, -0.15) is 0 Å². The average Bonchev–Trinajstić information content (AvgIpc) is 3.82. The molecule has 11 aromatic rings. The van der Waals surface area contributed by atoms with Gasteiger partial charge in [0.2, 0.25) is 0 Å². The minimum Gasteiger partial charge on any atom is -0.309 e. The van der Waals surface area contributed by atoms with Crippen LogP contribution in [-0.2, 0) is 0 Å². The van der Waals surface area contributed by atoms with E-state index in [0.717, 1.165) is 0 Å². The first-order valence-electron chi connectivity index (χ1n) is 19.2. The van der Waals surface area contributed by atoms with Crippen LogP contribution in [0.4, 0.5) is 0 Å². The Kier molecular flexibility index (Phi) is 7.75. The summed E-state index contributed by atoms with van der Waals surface area (Å²) >= 11 is 1.89. The van der Waals surface area contributed by atoms with E-state index in [1.807, 2.05) is 11.3 Å². The number of fused-ring (bicyclic) bond motifs is 6. The van der Waals surface area contributed by atoms with Crippen molar-refractivity contribution in [2.45, 2.75) is 0 Å². The number of thiophene rings is 1. The van der Waals surface area contributed by atoms with Crippen LogP contribution in [0.15, 0.2) is 212 Å². The van der Waals surface area contributed by atoms with Gasteiger partial charge >= 0.3 is 0 Å².